The van der Waals surface area contributed by atoms with E-state index in [0.29, 0.717) is 23.7 Å². The van der Waals surface area contributed by atoms with Gasteiger partial charge in [0.2, 0.25) is 0 Å². The topological polar surface area (TPSA) is 110 Å². The number of benzene rings is 1. The second kappa shape index (κ2) is 9.38. The van der Waals surface area contributed by atoms with Crippen molar-refractivity contribution in [1.29, 1.82) is 0 Å². The molecule has 1 aromatic carbocycles. The number of anilines is 3. The lowest BCUT2D eigenvalue weighted by Gasteiger charge is -2.22. The number of esters is 1. The Morgan fingerprint density at radius 2 is 2.04 bits per heavy atom. The molecule has 8 nitrogen and oxygen atoms in total. The van der Waals surface area contributed by atoms with Crippen molar-refractivity contribution in [3.63, 3.8) is 0 Å². The van der Waals surface area contributed by atoms with Crippen molar-refractivity contribution in [2.24, 2.45) is 5.84 Å². The molecule has 0 aliphatic carbocycles. The van der Waals surface area contributed by atoms with Crippen molar-refractivity contribution in [2.45, 2.75) is 13.3 Å². The molecule has 1 amide bonds. The lowest BCUT2D eigenvalue weighted by atomic mass is 10.1. The summed E-state index contributed by atoms with van der Waals surface area (Å²) in [5.74, 6) is 5.34. The van der Waals surface area contributed by atoms with Gasteiger partial charge in [-0.05, 0) is 37.3 Å². The Morgan fingerprint density at radius 1 is 1.23 bits per heavy atom. The molecule has 1 aromatic heterocycles. The molecule has 0 radical (unpaired) electrons. The first-order valence-corrected chi connectivity index (χ1v) is 8.27. The van der Waals surface area contributed by atoms with Gasteiger partial charge in [-0.1, -0.05) is 6.07 Å². The minimum atomic E-state index is -0.365. The van der Waals surface area contributed by atoms with E-state index in [1.54, 1.807) is 56.6 Å². The summed E-state index contributed by atoms with van der Waals surface area (Å²) in [6.07, 6.45) is 1.67. The number of hydrogen-bond acceptors (Lipinski definition) is 7. The molecular weight excluding hydrogens is 334 g/mol. The number of nitrogen functional groups attached to an aromatic ring is 1. The van der Waals surface area contributed by atoms with Gasteiger partial charge in [-0.25, -0.2) is 4.98 Å². The molecule has 1 heterocycles. The Morgan fingerprint density at radius 3 is 2.65 bits per heavy atom. The number of amides is 1. The van der Waals surface area contributed by atoms with E-state index in [-0.39, 0.29) is 24.8 Å². The molecule has 0 atom stereocenters. The number of carbonyl (C=O) groups excluding carboxylic acids is 2. The third-order valence-electron chi connectivity index (χ3n) is 3.71. The monoisotopic (exact) mass is 357 g/mol. The predicted octanol–water partition coefficient (Wildman–Crippen LogP) is 2.01. The Hall–Kier alpha value is -3.13. The fourth-order valence-corrected chi connectivity index (χ4v) is 2.44. The molecule has 0 saturated carbocycles. The Bertz CT molecular complexity index is 752. The van der Waals surface area contributed by atoms with Crippen LogP contribution in [0.4, 0.5) is 17.2 Å². The van der Waals surface area contributed by atoms with Crippen LogP contribution in [0.25, 0.3) is 0 Å². The van der Waals surface area contributed by atoms with Crippen LogP contribution in [0, 0.1) is 0 Å². The molecule has 8 heteroatoms. The summed E-state index contributed by atoms with van der Waals surface area (Å²) in [6.45, 7) is 2.20. The largest absolute Gasteiger partial charge is 0.466 e. The number of aromatic nitrogens is 1. The highest BCUT2D eigenvalue weighted by molar-refractivity contribution is 6.06. The summed E-state index contributed by atoms with van der Waals surface area (Å²) >= 11 is 0. The summed E-state index contributed by atoms with van der Waals surface area (Å²) in [5.41, 5.74) is 4.34. The molecule has 0 aliphatic heterocycles. The zero-order valence-corrected chi connectivity index (χ0v) is 14.9. The van der Waals surface area contributed by atoms with Crippen molar-refractivity contribution in [3.05, 3.63) is 48.2 Å². The molecule has 138 valence electrons. The van der Waals surface area contributed by atoms with Gasteiger partial charge in [0.1, 0.15) is 5.82 Å². The first kappa shape index (κ1) is 19.2. The van der Waals surface area contributed by atoms with Crippen LogP contribution in [0.15, 0.2) is 42.6 Å². The van der Waals surface area contributed by atoms with E-state index < -0.39 is 0 Å². The number of nitrogens with zero attached hydrogens (tertiary/aromatic N) is 2. The van der Waals surface area contributed by atoms with Gasteiger partial charge in [0, 0.05) is 25.4 Å². The van der Waals surface area contributed by atoms with Gasteiger partial charge in [0.25, 0.3) is 5.91 Å². The van der Waals surface area contributed by atoms with Crippen LogP contribution in [0.5, 0.6) is 0 Å². The van der Waals surface area contributed by atoms with Crippen LogP contribution in [0.2, 0.25) is 0 Å². The maximum atomic E-state index is 13.0. The molecule has 0 bridgehead atoms. The van der Waals surface area contributed by atoms with Crippen molar-refractivity contribution in [2.75, 3.05) is 35.8 Å². The fraction of sp³-hybridized carbons (Fsp3) is 0.278. The molecule has 0 unspecified atom stereocenters. The smallest absolute Gasteiger partial charge is 0.307 e. The van der Waals surface area contributed by atoms with Crippen molar-refractivity contribution >= 4 is 29.1 Å². The second-order valence-electron chi connectivity index (χ2n) is 5.35. The summed E-state index contributed by atoms with van der Waals surface area (Å²) in [4.78, 5) is 30.4. The van der Waals surface area contributed by atoms with Crippen molar-refractivity contribution < 1.29 is 14.3 Å². The van der Waals surface area contributed by atoms with Gasteiger partial charge in [0.05, 0.1) is 24.4 Å². The van der Waals surface area contributed by atoms with Crippen LogP contribution in [0.3, 0.4) is 0 Å². The number of carbonyl (C=O) groups is 2. The third kappa shape index (κ3) is 4.70. The van der Waals surface area contributed by atoms with E-state index >= 15 is 0 Å². The number of nitrogens with two attached hydrogens (primary N) is 1. The Labute approximate surface area is 152 Å². The lowest BCUT2D eigenvalue weighted by molar-refractivity contribution is -0.142. The number of ether oxygens (including phenoxy) is 1. The fourth-order valence-electron chi connectivity index (χ4n) is 2.44. The van der Waals surface area contributed by atoms with Gasteiger partial charge in [0.15, 0.2) is 0 Å². The Kier molecular flexibility index (Phi) is 6.92. The van der Waals surface area contributed by atoms with E-state index in [2.05, 4.69) is 15.7 Å². The lowest BCUT2D eigenvalue weighted by Crippen LogP contribution is -2.34. The number of pyridine rings is 1. The number of hydrazine groups is 1. The highest BCUT2D eigenvalue weighted by Crippen LogP contribution is 2.24. The first-order valence-electron chi connectivity index (χ1n) is 8.27. The quantitative estimate of drug-likeness (QED) is 0.376. The first-order chi connectivity index (χ1) is 12.6. The SMILES string of the molecule is CCOC(=O)CCN(C(=O)c1ccc(NC)c(NN)c1)c1ccccn1. The van der Waals surface area contributed by atoms with Gasteiger partial charge < -0.3 is 15.5 Å². The maximum absolute atomic E-state index is 13.0. The molecule has 2 rings (SSSR count). The van der Waals surface area contributed by atoms with Gasteiger partial charge in [-0.2, -0.15) is 0 Å². The van der Waals surface area contributed by atoms with E-state index in [9.17, 15) is 9.59 Å². The number of nitrogens with one attached hydrogen (secondary N) is 2. The van der Waals surface area contributed by atoms with Crippen molar-refractivity contribution in [3.8, 4) is 0 Å². The molecule has 0 fully saturated rings. The van der Waals surface area contributed by atoms with Crippen LogP contribution in [-0.4, -0.2) is 37.1 Å². The molecule has 4 N–H and O–H groups in total. The average molecular weight is 357 g/mol. The Balaban J connectivity index is 2.29. The molecule has 0 spiro atoms. The normalized spacial score (nSPS) is 10.1. The van der Waals surface area contributed by atoms with Crippen LogP contribution in [-0.2, 0) is 9.53 Å². The van der Waals surface area contributed by atoms with Gasteiger partial charge in [-0.3, -0.25) is 20.3 Å². The number of rotatable bonds is 8. The van der Waals surface area contributed by atoms with E-state index in [4.69, 9.17) is 10.6 Å². The van der Waals surface area contributed by atoms with Crippen LogP contribution in [0.1, 0.15) is 23.7 Å². The van der Waals surface area contributed by atoms with Crippen LogP contribution < -0.4 is 21.5 Å². The van der Waals surface area contributed by atoms with Gasteiger partial charge in [-0.15, -0.1) is 0 Å². The third-order valence-corrected chi connectivity index (χ3v) is 3.71. The maximum Gasteiger partial charge on any atom is 0.307 e. The minimum Gasteiger partial charge on any atom is -0.466 e. The summed E-state index contributed by atoms with van der Waals surface area (Å²) in [5, 5.41) is 2.99. The second-order valence-corrected chi connectivity index (χ2v) is 5.35. The van der Waals surface area contributed by atoms with Crippen LogP contribution >= 0.6 is 0 Å². The predicted molar refractivity (Wildman–Crippen MR) is 101 cm³/mol. The molecule has 2 aromatic rings. The molecule has 0 aliphatic rings. The summed E-state index contributed by atoms with van der Waals surface area (Å²) in [7, 11) is 1.76. The van der Waals surface area contributed by atoms with E-state index in [1.165, 1.54) is 4.90 Å². The average Bonchev–Trinajstić information content (AvgIpc) is 2.68. The molecular formula is C18H23N5O3. The number of hydrogen-bond donors (Lipinski definition) is 3. The minimum absolute atomic E-state index is 0.0761. The highest BCUT2D eigenvalue weighted by atomic mass is 16.5. The zero-order valence-electron chi connectivity index (χ0n) is 14.9. The standard InChI is InChI=1S/C18H23N5O3/c1-3-26-17(24)9-11-23(16-6-4-5-10-21-16)18(25)13-7-8-14(20-2)15(12-13)22-19/h4-8,10,12,20,22H,3,9,11,19H2,1-2H3. The van der Waals surface area contributed by atoms with E-state index in [1.807, 2.05) is 0 Å². The summed E-state index contributed by atoms with van der Waals surface area (Å²) in [6, 6.07) is 10.3. The van der Waals surface area contributed by atoms with Crippen molar-refractivity contribution in [1.82, 2.24) is 4.98 Å². The van der Waals surface area contributed by atoms with Gasteiger partial charge >= 0.3 is 5.97 Å². The zero-order chi connectivity index (χ0) is 18.9. The van der Waals surface area contributed by atoms with E-state index in [0.717, 1.165) is 5.69 Å². The molecule has 0 saturated heterocycles. The highest BCUT2D eigenvalue weighted by Gasteiger charge is 2.21. The molecule has 26 heavy (non-hydrogen) atoms. The summed E-state index contributed by atoms with van der Waals surface area (Å²) < 4.78 is 4.95.